The number of alkyl halides is 1. The van der Waals surface area contributed by atoms with Gasteiger partial charge in [-0.25, -0.2) is 4.21 Å². The van der Waals surface area contributed by atoms with Gasteiger partial charge in [-0.15, -0.1) is 24.0 Å². The lowest BCUT2D eigenvalue weighted by atomic mass is 10.1. The third-order valence-corrected chi connectivity index (χ3v) is 5.05. The molecule has 1 N–H and O–H groups in total. The van der Waals surface area contributed by atoms with Gasteiger partial charge in [-0.2, -0.15) is 10.2 Å². The average molecular weight is 636 g/mol. The fourth-order valence-electron chi connectivity index (χ4n) is 3.32. The van der Waals surface area contributed by atoms with E-state index in [-0.39, 0.29) is 43.7 Å². The zero-order valence-corrected chi connectivity index (χ0v) is 24.8. The van der Waals surface area contributed by atoms with Gasteiger partial charge in [-0.3, -0.25) is 28.9 Å². The van der Waals surface area contributed by atoms with Gasteiger partial charge in [-0.1, -0.05) is 12.1 Å². The normalized spacial score (nSPS) is 10.0. The van der Waals surface area contributed by atoms with E-state index in [2.05, 4.69) is 41.5 Å². The molecule has 0 spiro atoms. The Morgan fingerprint density at radius 3 is 1.62 bits per heavy atom. The highest BCUT2D eigenvalue weighted by atomic mass is 36.0. The molecule has 0 aliphatic rings. The van der Waals surface area contributed by atoms with Gasteiger partial charge in [0.05, 0.1) is 42.5 Å². The van der Waals surface area contributed by atoms with Crippen molar-refractivity contribution in [2.24, 2.45) is 0 Å². The van der Waals surface area contributed by atoms with E-state index >= 15 is 0 Å². The number of hydrogen-bond donors (Lipinski definition) is 1. The van der Waals surface area contributed by atoms with Crippen LogP contribution in [0.1, 0.15) is 25.0 Å². The molecule has 0 amide bonds. The van der Waals surface area contributed by atoms with Gasteiger partial charge in [0.25, 0.3) is 0 Å². The second-order valence-electron chi connectivity index (χ2n) is 7.65. The molecule has 10 nitrogen and oxygen atoms in total. The molecular weight excluding hydrogens is 610 g/mol. The van der Waals surface area contributed by atoms with Crippen LogP contribution in [0.25, 0.3) is 22.8 Å². The molecule has 0 saturated carbocycles. The van der Waals surface area contributed by atoms with E-state index < -0.39 is 9.23 Å². The maximum Gasteiger partial charge on any atom is 0.211 e. The minimum Gasteiger partial charge on any atom is -0.392 e. The summed E-state index contributed by atoms with van der Waals surface area (Å²) in [6.45, 7) is 3.42. The molecule has 0 fully saturated rings. The monoisotopic (exact) mass is 634 g/mol. The number of hydrogen-bond acceptors (Lipinski definition) is 8. The summed E-state index contributed by atoms with van der Waals surface area (Å²) in [5.74, 6) is 0.462. The van der Waals surface area contributed by atoms with E-state index in [9.17, 15) is 14.7 Å². The number of pyridine rings is 2. The third kappa shape index (κ3) is 11.1. The van der Waals surface area contributed by atoms with Crippen molar-refractivity contribution in [3.05, 3.63) is 72.3 Å². The quantitative estimate of drug-likeness (QED) is 0.216. The number of carbonyl (C=O) groups is 2. The summed E-state index contributed by atoms with van der Waals surface area (Å²) in [5.41, 5.74) is 4.65. The zero-order chi connectivity index (χ0) is 28.1. The fraction of sp³-hybridized carbons (Fsp3) is 0.250. The number of aromatic nitrogens is 6. The van der Waals surface area contributed by atoms with Gasteiger partial charge in [0.15, 0.2) is 11.6 Å². The molecule has 15 heteroatoms. The molecule has 0 radical (unpaired) electrons. The maximum atomic E-state index is 11.1. The first-order valence-corrected chi connectivity index (χ1v) is 14.3. The molecule has 0 aliphatic carbocycles. The van der Waals surface area contributed by atoms with Crippen LogP contribution in [0.3, 0.4) is 0 Å². The highest BCUT2D eigenvalue weighted by Gasteiger charge is 2.13. The molecule has 0 bridgehead atoms. The van der Waals surface area contributed by atoms with Crippen LogP contribution in [-0.4, -0.2) is 50.4 Å². The fourth-order valence-corrected chi connectivity index (χ4v) is 3.53. The molecule has 0 aliphatic heterocycles. The molecule has 39 heavy (non-hydrogen) atoms. The summed E-state index contributed by atoms with van der Waals surface area (Å²) >= 11 is 5.87. The van der Waals surface area contributed by atoms with Gasteiger partial charge in [0.2, 0.25) is 9.23 Å². The smallest absolute Gasteiger partial charge is 0.211 e. The van der Waals surface area contributed by atoms with Crippen molar-refractivity contribution in [3.8, 4) is 22.8 Å². The van der Waals surface area contributed by atoms with Crippen LogP contribution >= 0.6 is 45.4 Å². The van der Waals surface area contributed by atoms with Crippen LogP contribution in [-0.2, 0) is 44.4 Å². The van der Waals surface area contributed by atoms with E-state index in [4.69, 9.17) is 15.8 Å². The predicted molar refractivity (Wildman–Crippen MR) is 155 cm³/mol. The van der Waals surface area contributed by atoms with E-state index in [0.717, 1.165) is 28.2 Å². The first-order chi connectivity index (χ1) is 18.2. The number of Topliss-reactive ketones (excluding diaryl/α,β-unsaturated/α-hetero) is 2. The third-order valence-electron chi connectivity index (χ3n) is 4.76. The van der Waals surface area contributed by atoms with Crippen LogP contribution in [0.15, 0.2) is 61.2 Å². The Morgan fingerprint density at radius 1 is 0.821 bits per heavy atom. The van der Waals surface area contributed by atoms with E-state index in [0.29, 0.717) is 11.6 Å². The molecule has 4 aromatic rings. The largest absolute Gasteiger partial charge is 0.392 e. The molecule has 0 atom stereocenters. The van der Waals surface area contributed by atoms with E-state index in [1.807, 2.05) is 18.2 Å². The number of aliphatic hydroxyl groups is 1. The summed E-state index contributed by atoms with van der Waals surface area (Å²) in [6, 6.07) is 10.9. The standard InChI is InChI=1S/C12H12ClN3O.C12H13N3O2.Cl2OS.ClH/c1-9(17)8-16-11(4-6-15-16)12-10(7-13)3-2-5-14-12;1-9(17)7-15-11(4-6-14-15)12-10(8-16)3-2-5-13-12;1-4(2)3;/h2-6H,7-8H2,1H3;2-6,16H,7-8H2,1H3;;1H. The first-order valence-electron chi connectivity index (χ1n) is 11.0. The Kier molecular flexibility index (Phi) is 15.7. The topological polar surface area (TPSA) is 133 Å². The van der Waals surface area contributed by atoms with Gasteiger partial charge in [0.1, 0.15) is 0 Å². The van der Waals surface area contributed by atoms with Crippen molar-refractivity contribution in [3.63, 3.8) is 0 Å². The lowest BCUT2D eigenvalue weighted by molar-refractivity contribution is -0.118. The number of rotatable bonds is 8. The van der Waals surface area contributed by atoms with Crippen LogP contribution in [0.2, 0.25) is 0 Å². The van der Waals surface area contributed by atoms with Gasteiger partial charge < -0.3 is 5.11 Å². The van der Waals surface area contributed by atoms with Crippen LogP contribution in [0.5, 0.6) is 0 Å². The molecule has 0 aromatic carbocycles. The average Bonchev–Trinajstić information content (AvgIpc) is 3.52. The summed E-state index contributed by atoms with van der Waals surface area (Å²) < 4.78 is 12.3. The van der Waals surface area contributed by atoms with Crippen molar-refractivity contribution < 1.29 is 18.9 Å². The van der Waals surface area contributed by atoms with Crippen molar-refractivity contribution in [1.29, 1.82) is 0 Å². The Balaban J connectivity index is 0.000000336. The number of aliphatic hydroxyl groups excluding tert-OH is 1. The number of nitrogens with zero attached hydrogens (tertiary/aromatic N) is 6. The Morgan fingerprint density at radius 2 is 1.23 bits per heavy atom. The molecule has 4 heterocycles. The van der Waals surface area contributed by atoms with Crippen molar-refractivity contribution in [1.82, 2.24) is 29.5 Å². The summed E-state index contributed by atoms with van der Waals surface area (Å²) in [7, 11) is 7.36. The van der Waals surface area contributed by atoms with Gasteiger partial charge >= 0.3 is 0 Å². The van der Waals surface area contributed by atoms with Crippen molar-refractivity contribution >= 4 is 66.2 Å². The predicted octanol–water partition coefficient (Wildman–Crippen LogP) is 4.76. The molecule has 4 rings (SSSR count). The Bertz CT molecular complexity index is 1280. The zero-order valence-electron chi connectivity index (χ0n) is 20.9. The SMILES string of the molecule is CC(=O)Cn1nccc1-c1ncccc1CCl.CC(=O)Cn1nccc1-c1ncccc1CO.Cl.O=S(Cl)Cl. The second-order valence-corrected chi connectivity index (χ2v) is 10.4. The lowest BCUT2D eigenvalue weighted by Gasteiger charge is -2.08. The lowest BCUT2D eigenvalue weighted by Crippen LogP contribution is -2.10. The summed E-state index contributed by atoms with van der Waals surface area (Å²) in [6.07, 6.45) is 6.63. The number of ketones is 2. The highest BCUT2D eigenvalue weighted by molar-refractivity contribution is 8.26. The Labute approximate surface area is 248 Å². The van der Waals surface area contributed by atoms with Gasteiger partial charge in [-0.05, 0) is 43.7 Å². The number of halogens is 4. The number of carbonyl (C=O) groups excluding carboxylic acids is 2. The second kappa shape index (κ2) is 17.8. The molecular formula is C24H26Cl4N6O4S. The molecule has 0 saturated heterocycles. The van der Waals surface area contributed by atoms with Crippen LogP contribution in [0.4, 0.5) is 0 Å². The highest BCUT2D eigenvalue weighted by Crippen LogP contribution is 2.22. The maximum absolute atomic E-state index is 11.1. The minimum absolute atomic E-state index is 0. The molecule has 210 valence electrons. The minimum atomic E-state index is -1.67. The van der Waals surface area contributed by atoms with Crippen molar-refractivity contribution in [2.45, 2.75) is 39.4 Å². The van der Waals surface area contributed by atoms with E-state index in [1.165, 1.54) is 13.8 Å². The molecule has 4 aromatic heterocycles. The van der Waals surface area contributed by atoms with Crippen LogP contribution < -0.4 is 0 Å². The van der Waals surface area contributed by atoms with Crippen LogP contribution in [0, 0.1) is 0 Å². The van der Waals surface area contributed by atoms with Gasteiger partial charge in [0, 0.05) is 57.6 Å². The van der Waals surface area contributed by atoms with Crippen molar-refractivity contribution in [2.75, 3.05) is 0 Å². The summed E-state index contributed by atoms with van der Waals surface area (Å²) in [5, 5.41) is 17.5. The van der Waals surface area contributed by atoms with E-state index in [1.54, 1.807) is 52.4 Å². The summed E-state index contributed by atoms with van der Waals surface area (Å²) in [4.78, 5) is 30.8. The Hall–Kier alpha value is -2.67. The molecule has 0 unspecified atom stereocenters. The first kappa shape index (κ1) is 34.4.